The van der Waals surface area contributed by atoms with Gasteiger partial charge in [-0.1, -0.05) is 25.9 Å². The summed E-state index contributed by atoms with van der Waals surface area (Å²) in [5, 5.41) is 6.85. The summed E-state index contributed by atoms with van der Waals surface area (Å²) in [6.07, 6.45) is 3.16. The Labute approximate surface area is 101 Å². The van der Waals surface area contributed by atoms with Gasteiger partial charge in [-0.15, -0.1) is 0 Å². The summed E-state index contributed by atoms with van der Waals surface area (Å²) in [4.78, 5) is 15.8. The van der Waals surface area contributed by atoms with Crippen LogP contribution in [0.5, 0.6) is 0 Å². The van der Waals surface area contributed by atoms with Crippen LogP contribution in [0.25, 0.3) is 0 Å². The second-order valence-corrected chi connectivity index (χ2v) is 5.60. The number of nitrogens with zero attached hydrogens (tertiary/aromatic N) is 2. The van der Waals surface area contributed by atoms with E-state index in [1.165, 1.54) is 0 Å². The summed E-state index contributed by atoms with van der Waals surface area (Å²) >= 11 is 0. The molecule has 1 N–H and O–H groups in total. The molecule has 5 nitrogen and oxygen atoms in total. The molecule has 0 atom stereocenters. The average Bonchev–Trinajstić information content (AvgIpc) is 2.90. The van der Waals surface area contributed by atoms with Crippen LogP contribution in [-0.2, 0) is 16.6 Å². The molecular weight excluding hydrogens is 218 g/mol. The molecular formula is C12H19N3O2. The predicted octanol–water partition coefficient (Wildman–Crippen LogP) is 1.58. The zero-order valence-corrected chi connectivity index (χ0v) is 10.6. The Morgan fingerprint density at radius 2 is 2.18 bits per heavy atom. The molecule has 0 spiro atoms. The van der Waals surface area contributed by atoms with Gasteiger partial charge in [-0.3, -0.25) is 4.79 Å². The fourth-order valence-corrected chi connectivity index (χ4v) is 1.41. The molecule has 94 valence electrons. The molecule has 17 heavy (non-hydrogen) atoms. The zero-order valence-electron chi connectivity index (χ0n) is 10.6. The quantitative estimate of drug-likeness (QED) is 0.863. The molecule has 0 saturated heterocycles. The van der Waals surface area contributed by atoms with Crippen LogP contribution in [0.1, 0.15) is 51.7 Å². The number of nitrogens with one attached hydrogen (secondary N) is 1. The predicted molar refractivity (Wildman–Crippen MR) is 62.5 cm³/mol. The third kappa shape index (κ3) is 3.54. The maximum absolute atomic E-state index is 11.5. The van der Waals surface area contributed by atoms with Crippen molar-refractivity contribution in [2.24, 2.45) is 0 Å². The number of carbonyl (C=O) groups is 1. The van der Waals surface area contributed by atoms with Crippen molar-refractivity contribution in [3.63, 3.8) is 0 Å². The Morgan fingerprint density at radius 3 is 2.71 bits per heavy atom. The summed E-state index contributed by atoms with van der Waals surface area (Å²) in [5.74, 6) is 1.30. The molecule has 1 aromatic heterocycles. The Balaban J connectivity index is 1.82. The standard InChI is InChI=1S/C12H19N3O2/c1-12(2,3)11-14-10(17-15-11)7-6-9(16)13-8-4-5-8/h8H,4-7H2,1-3H3,(H,13,16). The molecule has 0 radical (unpaired) electrons. The third-order valence-corrected chi connectivity index (χ3v) is 2.65. The molecule has 1 aromatic rings. The van der Waals surface area contributed by atoms with E-state index in [0.29, 0.717) is 30.6 Å². The molecule has 2 rings (SSSR count). The van der Waals surface area contributed by atoms with E-state index in [4.69, 9.17) is 4.52 Å². The lowest BCUT2D eigenvalue weighted by Gasteiger charge is -2.10. The molecule has 1 saturated carbocycles. The first kappa shape index (κ1) is 12.1. The highest BCUT2D eigenvalue weighted by molar-refractivity contribution is 5.76. The zero-order chi connectivity index (χ0) is 12.5. The number of amides is 1. The maximum Gasteiger partial charge on any atom is 0.227 e. The minimum atomic E-state index is -0.113. The van der Waals surface area contributed by atoms with Gasteiger partial charge in [-0.2, -0.15) is 4.98 Å². The number of rotatable bonds is 4. The van der Waals surface area contributed by atoms with Crippen molar-refractivity contribution in [3.8, 4) is 0 Å². The number of aromatic nitrogens is 2. The summed E-state index contributed by atoms with van der Waals surface area (Å²) in [6.45, 7) is 6.09. The summed E-state index contributed by atoms with van der Waals surface area (Å²) in [6, 6.07) is 0.412. The van der Waals surface area contributed by atoms with E-state index in [9.17, 15) is 4.79 Å². The van der Waals surface area contributed by atoms with Crippen molar-refractivity contribution >= 4 is 5.91 Å². The molecule has 0 bridgehead atoms. The smallest absolute Gasteiger partial charge is 0.227 e. The van der Waals surface area contributed by atoms with Crippen LogP contribution in [0, 0.1) is 0 Å². The van der Waals surface area contributed by atoms with Crippen molar-refractivity contribution in [3.05, 3.63) is 11.7 Å². The van der Waals surface area contributed by atoms with Gasteiger partial charge in [0.25, 0.3) is 0 Å². The van der Waals surface area contributed by atoms with Gasteiger partial charge in [0.15, 0.2) is 5.82 Å². The van der Waals surface area contributed by atoms with Gasteiger partial charge < -0.3 is 9.84 Å². The highest BCUT2D eigenvalue weighted by atomic mass is 16.5. The van der Waals surface area contributed by atoms with Crippen molar-refractivity contribution in [2.75, 3.05) is 0 Å². The lowest BCUT2D eigenvalue weighted by molar-refractivity contribution is -0.121. The van der Waals surface area contributed by atoms with Crippen LogP contribution in [0.15, 0.2) is 4.52 Å². The lowest BCUT2D eigenvalue weighted by Crippen LogP contribution is -2.25. The van der Waals surface area contributed by atoms with Crippen LogP contribution < -0.4 is 5.32 Å². The van der Waals surface area contributed by atoms with Crippen LogP contribution >= 0.6 is 0 Å². The number of aryl methyl sites for hydroxylation is 1. The number of hydrogen-bond donors (Lipinski definition) is 1. The van der Waals surface area contributed by atoms with Gasteiger partial charge in [0.1, 0.15) is 0 Å². The second-order valence-electron chi connectivity index (χ2n) is 5.60. The Morgan fingerprint density at radius 1 is 1.47 bits per heavy atom. The monoisotopic (exact) mass is 237 g/mol. The first-order valence-electron chi connectivity index (χ1n) is 6.07. The van der Waals surface area contributed by atoms with Crippen LogP contribution in [0.3, 0.4) is 0 Å². The topological polar surface area (TPSA) is 68.0 Å². The SMILES string of the molecule is CC(C)(C)c1noc(CCC(=O)NC2CC2)n1. The largest absolute Gasteiger partial charge is 0.353 e. The normalized spacial score (nSPS) is 15.9. The van der Waals surface area contributed by atoms with E-state index in [1.54, 1.807) is 0 Å². The first-order valence-corrected chi connectivity index (χ1v) is 6.07. The summed E-state index contributed by atoms with van der Waals surface area (Å²) in [5.41, 5.74) is -0.113. The second kappa shape index (κ2) is 4.47. The highest BCUT2D eigenvalue weighted by Gasteiger charge is 2.24. The van der Waals surface area contributed by atoms with E-state index in [-0.39, 0.29) is 11.3 Å². The van der Waals surface area contributed by atoms with Gasteiger partial charge >= 0.3 is 0 Å². The molecule has 1 aliphatic carbocycles. The Hall–Kier alpha value is -1.39. The van der Waals surface area contributed by atoms with E-state index in [1.807, 2.05) is 20.8 Å². The molecule has 1 amide bonds. The van der Waals surface area contributed by atoms with Crippen LogP contribution in [-0.4, -0.2) is 22.1 Å². The minimum absolute atomic E-state index is 0.0722. The highest BCUT2D eigenvalue weighted by Crippen LogP contribution is 2.20. The van der Waals surface area contributed by atoms with Gasteiger partial charge in [0.2, 0.25) is 11.8 Å². The van der Waals surface area contributed by atoms with Crippen molar-refractivity contribution in [2.45, 2.75) is 57.9 Å². The molecule has 1 aliphatic rings. The third-order valence-electron chi connectivity index (χ3n) is 2.65. The van der Waals surface area contributed by atoms with Gasteiger partial charge in [-0.05, 0) is 12.8 Å². The first-order chi connectivity index (χ1) is 7.95. The van der Waals surface area contributed by atoms with Crippen molar-refractivity contribution in [1.29, 1.82) is 0 Å². The maximum atomic E-state index is 11.5. The van der Waals surface area contributed by atoms with Crippen LogP contribution in [0.4, 0.5) is 0 Å². The van der Waals surface area contributed by atoms with E-state index >= 15 is 0 Å². The molecule has 5 heteroatoms. The van der Waals surface area contributed by atoms with E-state index < -0.39 is 0 Å². The molecule has 0 aromatic carbocycles. The Bertz CT molecular complexity index is 402. The van der Waals surface area contributed by atoms with Gasteiger partial charge in [-0.25, -0.2) is 0 Å². The number of carbonyl (C=O) groups excluding carboxylic acids is 1. The van der Waals surface area contributed by atoms with Crippen molar-refractivity contribution in [1.82, 2.24) is 15.5 Å². The number of hydrogen-bond acceptors (Lipinski definition) is 4. The summed E-state index contributed by atoms with van der Waals surface area (Å²) < 4.78 is 5.12. The molecule has 0 unspecified atom stereocenters. The fraction of sp³-hybridized carbons (Fsp3) is 0.750. The fourth-order valence-electron chi connectivity index (χ4n) is 1.41. The van der Waals surface area contributed by atoms with E-state index in [0.717, 1.165) is 12.8 Å². The van der Waals surface area contributed by atoms with Crippen LogP contribution in [0.2, 0.25) is 0 Å². The van der Waals surface area contributed by atoms with Gasteiger partial charge in [0.05, 0.1) is 0 Å². The van der Waals surface area contributed by atoms with E-state index in [2.05, 4.69) is 15.5 Å². The average molecular weight is 237 g/mol. The molecule has 0 aliphatic heterocycles. The van der Waals surface area contributed by atoms with Crippen molar-refractivity contribution < 1.29 is 9.32 Å². The molecule has 1 heterocycles. The Kier molecular flexibility index (Phi) is 3.17. The molecule has 1 fully saturated rings. The lowest BCUT2D eigenvalue weighted by atomic mass is 9.96. The van der Waals surface area contributed by atoms with Gasteiger partial charge in [0, 0.05) is 24.3 Å². The summed E-state index contributed by atoms with van der Waals surface area (Å²) in [7, 11) is 0. The minimum Gasteiger partial charge on any atom is -0.353 e.